The number of hydrogen-bond donors (Lipinski definition) is 2. The van der Waals surface area contributed by atoms with E-state index in [1.54, 1.807) is 0 Å². The second-order valence-corrected chi connectivity index (χ2v) is 8.90. The minimum absolute atomic E-state index is 0.0235. The van der Waals surface area contributed by atoms with Crippen LogP contribution in [-0.4, -0.2) is 34.7 Å². The largest absolute Gasteiger partial charge is 0.355 e. The number of nitrogens with zero attached hydrogens (tertiary/aromatic N) is 3. The van der Waals surface area contributed by atoms with E-state index in [0.29, 0.717) is 13.0 Å². The van der Waals surface area contributed by atoms with Gasteiger partial charge in [-0.2, -0.15) is 5.10 Å². The number of anilines is 2. The molecule has 1 aromatic heterocycles. The summed E-state index contributed by atoms with van der Waals surface area (Å²) < 4.78 is 1.90. The monoisotopic (exact) mass is 459 g/mol. The number of hydrogen-bond acceptors (Lipinski definition) is 4. The Morgan fingerprint density at radius 1 is 1.00 bits per heavy atom. The number of para-hydroxylation sites is 1. The van der Waals surface area contributed by atoms with Gasteiger partial charge in [0.2, 0.25) is 11.8 Å². The van der Waals surface area contributed by atoms with E-state index >= 15 is 0 Å². The summed E-state index contributed by atoms with van der Waals surface area (Å²) in [6.07, 6.45) is 1.90. The molecule has 0 saturated carbocycles. The van der Waals surface area contributed by atoms with E-state index in [9.17, 15) is 9.59 Å². The van der Waals surface area contributed by atoms with Crippen molar-refractivity contribution < 1.29 is 9.59 Å². The van der Waals surface area contributed by atoms with E-state index in [4.69, 9.17) is 5.10 Å². The van der Waals surface area contributed by atoms with E-state index in [1.807, 2.05) is 48.9 Å². The van der Waals surface area contributed by atoms with Crippen molar-refractivity contribution in [3.05, 3.63) is 71.4 Å². The van der Waals surface area contributed by atoms with Crippen LogP contribution in [-0.2, 0) is 16.1 Å². The fourth-order valence-corrected chi connectivity index (χ4v) is 4.32. The Balaban J connectivity index is 1.48. The van der Waals surface area contributed by atoms with E-state index in [-0.39, 0.29) is 17.7 Å². The molecule has 0 bridgehead atoms. The number of rotatable bonds is 7. The standard InChI is InChI=1S/C27H33N5O2/c1-4-24(33)29-25-20(3)30-32(23-8-6-5-7-9-23)27(25)31-16-14-22(15-17-31)26(34)28-18-21-12-10-19(2)11-13-21/h5-13,22H,4,14-18H2,1-3H3,(H,28,34)(H,29,33). The van der Waals surface area contributed by atoms with Gasteiger partial charge in [0.1, 0.15) is 5.69 Å². The molecule has 1 aliphatic heterocycles. The van der Waals surface area contributed by atoms with Gasteiger partial charge >= 0.3 is 0 Å². The predicted octanol–water partition coefficient (Wildman–Crippen LogP) is 4.37. The lowest BCUT2D eigenvalue weighted by Crippen LogP contribution is -2.41. The molecule has 4 rings (SSSR count). The van der Waals surface area contributed by atoms with Crippen molar-refractivity contribution in [1.82, 2.24) is 15.1 Å². The molecule has 178 valence electrons. The van der Waals surface area contributed by atoms with E-state index < -0.39 is 0 Å². The van der Waals surface area contributed by atoms with Crippen LogP contribution in [0.15, 0.2) is 54.6 Å². The summed E-state index contributed by atoms with van der Waals surface area (Å²) in [4.78, 5) is 27.3. The first-order chi connectivity index (χ1) is 16.5. The highest BCUT2D eigenvalue weighted by Gasteiger charge is 2.30. The van der Waals surface area contributed by atoms with Crippen molar-refractivity contribution in [3.8, 4) is 5.69 Å². The fourth-order valence-electron chi connectivity index (χ4n) is 4.32. The smallest absolute Gasteiger partial charge is 0.224 e. The van der Waals surface area contributed by atoms with Crippen molar-refractivity contribution in [3.63, 3.8) is 0 Å². The first-order valence-electron chi connectivity index (χ1n) is 12.0. The summed E-state index contributed by atoms with van der Waals surface area (Å²) in [6.45, 7) is 7.80. The zero-order chi connectivity index (χ0) is 24.1. The van der Waals surface area contributed by atoms with Gasteiger partial charge in [-0.3, -0.25) is 9.59 Å². The Hall–Kier alpha value is -3.61. The van der Waals surface area contributed by atoms with Gasteiger partial charge in [-0.05, 0) is 44.4 Å². The lowest BCUT2D eigenvalue weighted by Gasteiger charge is -2.33. The number of aromatic nitrogens is 2. The predicted molar refractivity (Wildman–Crippen MR) is 135 cm³/mol. The van der Waals surface area contributed by atoms with Gasteiger partial charge in [-0.15, -0.1) is 0 Å². The lowest BCUT2D eigenvalue weighted by molar-refractivity contribution is -0.125. The van der Waals surface area contributed by atoms with Crippen LogP contribution in [0.3, 0.4) is 0 Å². The average molecular weight is 460 g/mol. The molecule has 1 fully saturated rings. The van der Waals surface area contributed by atoms with Gasteiger partial charge in [-0.1, -0.05) is 55.0 Å². The molecule has 0 atom stereocenters. The SMILES string of the molecule is CCC(=O)Nc1c(C)nn(-c2ccccc2)c1N1CCC(C(=O)NCc2ccc(C)cc2)CC1. The summed E-state index contributed by atoms with van der Waals surface area (Å²) >= 11 is 0. The maximum atomic E-state index is 12.8. The van der Waals surface area contributed by atoms with Gasteiger partial charge in [0.15, 0.2) is 5.82 Å². The molecule has 2 N–H and O–H groups in total. The quantitative estimate of drug-likeness (QED) is 0.550. The average Bonchev–Trinajstić information content (AvgIpc) is 3.19. The van der Waals surface area contributed by atoms with E-state index in [0.717, 1.165) is 54.4 Å². The van der Waals surface area contributed by atoms with Crippen LogP contribution in [0.1, 0.15) is 43.0 Å². The number of carbonyl (C=O) groups excluding carboxylic acids is 2. The fraction of sp³-hybridized carbons (Fsp3) is 0.370. The molecule has 2 heterocycles. The molecular weight excluding hydrogens is 426 g/mol. The van der Waals surface area contributed by atoms with Crippen molar-refractivity contribution in [1.29, 1.82) is 0 Å². The van der Waals surface area contributed by atoms with Crippen LogP contribution < -0.4 is 15.5 Å². The second kappa shape index (κ2) is 10.5. The van der Waals surface area contributed by atoms with Gasteiger partial charge in [0.05, 0.1) is 11.4 Å². The highest BCUT2D eigenvalue weighted by Crippen LogP contribution is 2.35. The number of amides is 2. The molecule has 1 aliphatic rings. The number of nitrogens with one attached hydrogen (secondary N) is 2. The zero-order valence-corrected chi connectivity index (χ0v) is 20.2. The maximum absolute atomic E-state index is 12.8. The molecule has 2 amide bonds. The minimum atomic E-state index is -0.0395. The summed E-state index contributed by atoms with van der Waals surface area (Å²) in [5.41, 5.74) is 4.78. The Kier molecular flexibility index (Phi) is 7.30. The first-order valence-corrected chi connectivity index (χ1v) is 12.0. The van der Waals surface area contributed by atoms with Crippen LogP contribution >= 0.6 is 0 Å². The van der Waals surface area contributed by atoms with E-state index in [2.05, 4.69) is 46.7 Å². The van der Waals surface area contributed by atoms with E-state index in [1.165, 1.54) is 5.56 Å². The number of carbonyl (C=O) groups is 2. The van der Waals surface area contributed by atoms with Crippen molar-refractivity contribution >= 4 is 23.3 Å². The van der Waals surface area contributed by atoms with Crippen LogP contribution in [0.4, 0.5) is 11.5 Å². The van der Waals surface area contributed by atoms with Crippen LogP contribution in [0.2, 0.25) is 0 Å². The third kappa shape index (κ3) is 5.30. The molecule has 34 heavy (non-hydrogen) atoms. The topological polar surface area (TPSA) is 79.3 Å². The maximum Gasteiger partial charge on any atom is 0.224 e. The minimum Gasteiger partial charge on any atom is -0.355 e. The normalized spacial score (nSPS) is 14.1. The zero-order valence-electron chi connectivity index (χ0n) is 20.2. The highest BCUT2D eigenvalue weighted by molar-refractivity contribution is 5.94. The van der Waals surface area contributed by atoms with Crippen molar-refractivity contribution in [2.24, 2.45) is 5.92 Å². The van der Waals surface area contributed by atoms with Crippen molar-refractivity contribution in [2.75, 3.05) is 23.3 Å². The molecular formula is C27H33N5O2. The first kappa shape index (κ1) is 23.5. The summed E-state index contributed by atoms with van der Waals surface area (Å²) in [5.74, 6) is 0.920. The number of piperidine rings is 1. The Bertz CT molecular complexity index is 1130. The molecule has 3 aromatic rings. The van der Waals surface area contributed by atoms with Gasteiger partial charge in [-0.25, -0.2) is 4.68 Å². The third-order valence-electron chi connectivity index (χ3n) is 6.37. The molecule has 1 saturated heterocycles. The number of aryl methyl sites for hydroxylation is 2. The van der Waals surface area contributed by atoms with Crippen LogP contribution in [0, 0.1) is 19.8 Å². The second-order valence-electron chi connectivity index (χ2n) is 8.90. The molecule has 7 nitrogen and oxygen atoms in total. The van der Waals surface area contributed by atoms with Gasteiger partial charge in [0, 0.05) is 32.0 Å². The number of benzene rings is 2. The summed E-state index contributed by atoms with van der Waals surface area (Å²) in [6, 6.07) is 18.2. The van der Waals surface area contributed by atoms with Gasteiger partial charge in [0.25, 0.3) is 0 Å². The Morgan fingerprint density at radius 2 is 1.68 bits per heavy atom. The Labute approximate surface area is 201 Å². The van der Waals surface area contributed by atoms with Crippen molar-refractivity contribution in [2.45, 2.75) is 46.6 Å². The van der Waals surface area contributed by atoms with Gasteiger partial charge < -0.3 is 15.5 Å². The molecule has 0 aliphatic carbocycles. The van der Waals surface area contributed by atoms with Crippen LogP contribution in [0.5, 0.6) is 0 Å². The molecule has 0 unspecified atom stereocenters. The molecule has 0 radical (unpaired) electrons. The molecule has 0 spiro atoms. The summed E-state index contributed by atoms with van der Waals surface area (Å²) in [5, 5.41) is 10.9. The van der Waals surface area contributed by atoms with Crippen LogP contribution in [0.25, 0.3) is 5.69 Å². The molecule has 7 heteroatoms. The Morgan fingerprint density at radius 3 is 2.32 bits per heavy atom. The third-order valence-corrected chi connectivity index (χ3v) is 6.37. The highest BCUT2D eigenvalue weighted by atomic mass is 16.2. The molecule has 2 aromatic carbocycles. The summed E-state index contributed by atoms with van der Waals surface area (Å²) in [7, 11) is 0. The lowest BCUT2D eigenvalue weighted by atomic mass is 9.95.